The molecule has 0 aromatic heterocycles. The van der Waals surface area contributed by atoms with Gasteiger partial charge in [0.15, 0.2) is 0 Å². The molecule has 0 spiro atoms. The van der Waals surface area contributed by atoms with E-state index in [2.05, 4.69) is 0 Å². The molecule has 18 heavy (non-hydrogen) atoms. The normalized spacial score (nSPS) is 10.4. The molecule has 2 aromatic carbocycles. The molecular formula is C14H10Cl2O2. The minimum Gasteiger partial charge on any atom is -0.478 e. The topological polar surface area (TPSA) is 37.3 Å². The number of halogens is 2. The van der Waals surface area contributed by atoms with Crippen LogP contribution in [-0.4, -0.2) is 11.1 Å². The largest absolute Gasteiger partial charge is 0.478 e. The second-order valence-electron chi connectivity index (χ2n) is 3.93. The van der Waals surface area contributed by atoms with Crippen LogP contribution in [0.25, 0.3) is 11.1 Å². The predicted octanol–water partition coefficient (Wildman–Crippen LogP) is 4.67. The fraction of sp³-hybridized carbons (Fsp3) is 0.0714. The van der Waals surface area contributed by atoms with Crippen LogP contribution in [0.5, 0.6) is 0 Å². The molecule has 0 fully saturated rings. The molecule has 0 unspecified atom stereocenters. The van der Waals surface area contributed by atoms with Crippen molar-refractivity contribution in [1.29, 1.82) is 0 Å². The van der Waals surface area contributed by atoms with E-state index in [0.29, 0.717) is 21.2 Å². The quantitative estimate of drug-likeness (QED) is 0.868. The third-order valence-electron chi connectivity index (χ3n) is 2.72. The maximum atomic E-state index is 11.3. The number of hydrogen-bond donors (Lipinski definition) is 1. The Morgan fingerprint density at radius 2 is 1.83 bits per heavy atom. The van der Waals surface area contributed by atoms with E-state index in [-0.39, 0.29) is 5.56 Å². The molecule has 2 rings (SSSR count). The lowest BCUT2D eigenvalue weighted by atomic mass is 9.96. The first-order valence-electron chi connectivity index (χ1n) is 5.29. The predicted molar refractivity (Wildman–Crippen MR) is 73.6 cm³/mol. The average Bonchev–Trinajstić information content (AvgIpc) is 2.32. The maximum Gasteiger partial charge on any atom is 0.336 e. The number of aryl methyl sites for hydroxylation is 1. The highest BCUT2D eigenvalue weighted by Gasteiger charge is 2.14. The number of hydrogen-bond acceptors (Lipinski definition) is 1. The van der Waals surface area contributed by atoms with Gasteiger partial charge in [-0.2, -0.15) is 0 Å². The summed E-state index contributed by atoms with van der Waals surface area (Å²) in [5.41, 5.74) is 2.38. The van der Waals surface area contributed by atoms with Gasteiger partial charge in [0.1, 0.15) is 0 Å². The van der Waals surface area contributed by atoms with E-state index in [0.717, 1.165) is 5.56 Å². The van der Waals surface area contributed by atoms with Crippen LogP contribution < -0.4 is 0 Å². The lowest BCUT2D eigenvalue weighted by Crippen LogP contribution is -2.02. The molecule has 0 saturated heterocycles. The van der Waals surface area contributed by atoms with Crippen LogP contribution in [0.1, 0.15) is 15.9 Å². The summed E-state index contributed by atoms with van der Waals surface area (Å²) in [5, 5.41) is 10.1. The standard InChI is InChI=1S/C14H10Cl2O2/c1-8-3-2-4-10(13(8)14(17)18)9-5-6-11(15)12(16)7-9/h2-7H,1H3,(H,17,18). The molecule has 92 valence electrons. The first kappa shape index (κ1) is 12.9. The molecule has 4 heteroatoms. The first-order valence-corrected chi connectivity index (χ1v) is 6.04. The fourth-order valence-electron chi connectivity index (χ4n) is 1.86. The van der Waals surface area contributed by atoms with Crippen LogP contribution in [0.2, 0.25) is 10.0 Å². The van der Waals surface area contributed by atoms with Crippen molar-refractivity contribution in [3.05, 3.63) is 57.6 Å². The third kappa shape index (κ3) is 2.35. The highest BCUT2D eigenvalue weighted by atomic mass is 35.5. The number of carboxylic acids is 1. The van der Waals surface area contributed by atoms with E-state index < -0.39 is 5.97 Å². The molecule has 0 radical (unpaired) electrons. The molecule has 0 saturated carbocycles. The van der Waals surface area contributed by atoms with Crippen molar-refractivity contribution in [3.63, 3.8) is 0 Å². The lowest BCUT2D eigenvalue weighted by molar-refractivity contribution is 0.0697. The van der Waals surface area contributed by atoms with Gasteiger partial charge in [-0.25, -0.2) is 4.79 Å². The van der Waals surface area contributed by atoms with Crippen LogP contribution in [0.3, 0.4) is 0 Å². The highest BCUT2D eigenvalue weighted by Crippen LogP contribution is 2.31. The Hall–Kier alpha value is -1.51. The zero-order valence-corrected chi connectivity index (χ0v) is 11.1. The molecule has 1 N–H and O–H groups in total. The number of carboxylic acid groups (broad SMARTS) is 1. The van der Waals surface area contributed by atoms with Crippen molar-refractivity contribution in [1.82, 2.24) is 0 Å². The van der Waals surface area contributed by atoms with Gasteiger partial charge in [-0.1, -0.05) is 47.5 Å². The molecule has 0 aliphatic heterocycles. The van der Waals surface area contributed by atoms with Crippen molar-refractivity contribution in [2.24, 2.45) is 0 Å². The first-order chi connectivity index (χ1) is 8.50. The van der Waals surface area contributed by atoms with Gasteiger partial charge in [0, 0.05) is 0 Å². The van der Waals surface area contributed by atoms with Crippen molar-refractivity contribution >= 4 is 29.2 Å². The van der Waals surface area contributed by atoms with E-state index in [1.807, 2.05) is 6.07 Å². The molecule has 0 heterocycles. The van der Waals surface area contributed by atoms with Crippen LogP contribution in [-0.2, 0) is 0 Å². The van der Waals surface area contributed by atoms with Crippen LogP contribution >= 0.6 is 23.2 Å². The minimum absolute atomic E-state index is 0.288. The summed E-state index contributed by atoms with van der Waals surface area (Å²) in [7, 11) is 0. The van der Waals surface area contributed by atoms with Crippen LogP contribution in [0, 0.1) is 6.92 Å². The number of aromatic carboxylic acids is 1. The molecule has 2 nitrogen and oxygen atoms in total. The third-order valence-corrected chi connectivity index (χ3v) is 3.46. The summed E-state index contributed by atoms with van der Waals surface area (Å²) in [4.78, 5) is 11.3. The number of benzene rings is 2. The van der Waals surface area contributed by atoms with Crippen LogP contribution in [0.4, 0.5) is 0 Å². The van der Waals surface area contributed by atoms with Crippen molar-refractivity contribution in [2.45, 2.75) is 6.92 Å². The Kier molecular flexibility index (Phi) is 3.60. The fourth-order valence-corrected chi connectivity index (χ4v) is 2.15. The summed E-state index contributed by atoms with van der Waals surface area (Å²) in [6, 6.07) is 10.4. The molecule has 0 atom stereocenters. The second-order valence-corrected chi connectivity index (χ2v) is 4.75. The Morgan fingerprint density at radius 3 is 2.44 bits per heavy atom. The second kappa shape index (κ2) is 5.01. The van der Waals surface area contributed by atoms with Crippen molar-refractivity contribution < 1.29 is 9.90 Å². The van der Waals surface area contributed by atoms with Gasteiger partial charge in [0.2, 0.25) is 0 Å². The van der Waals surface area contributed by atoms with Gasteiger partial charge >= 0.3 is 5.97 Å². The van der Waals surface area contributed by atoms with E-state index in [9.17, 15) is 9.90 Å². The number of carbonyl (C=O) groups is 1. The zero-order chi connectivity index (χ0) is 13.3. The SMILES string of the molecule is Cc1cccc(-c2ccc(Cl)c(Cl)c2)c1C(=O)O. The van der Waals surface area contributed by atoms with Gasteiger partial charge < -0.3 is 5.11 Å². The van der Waals surface area contributed by atoms with E-state index in [1.165, 1.54) is 0 Å². The molecular weight excluding hydrogens is 271 g/mol. The molecule has 2 aromatic rings. The Bertz CT molecular complexity index is 621. The van der Waals surface area contributed by atoms with Gasteiger partial charge in [-0.15, -0.1) is 0 Å². The van der Waals surface area contributed by atoms with E-state index >= 15 is 0 Å². The average molecular weight is 281 g/mol. The summed E-state index contributed by atoms with van der Waals surface area (Å²) >= 11 is 11.8. The van der Waals surface area contributed by atoms with Crippen LogP contribution in [0.15, 0.2) is 36.4 Å². The Morgan fingerprint density at radius 1 is 1.11 bits per heavy atom. The Balaban J connectivity index is 2.67. The monoisotopic (exact) mass is 280 g/mol. The van der Waals surface area contributed by atoms with E-state index in [1.54, 1.807) is 37.3 Å². The molecule has 0 bridgehead atoms. The molecule has 0 aliphatic rings. The lowest BCUT2D eigenvalue weighted by Gasteiger charge is -2.09. The van der Waals surface area contributed by atoms with E-state index in [4.69, 9.17) is 23.2 Å². The Labute approximate surface area is 115 Å². The van der Waals surface area contributed by atoms with Gasteiger partial charge in [0.05, 0.1) is 15.6 Å². The maximum absolute atomic E-state index is 11.3. The molecule has 0 aliphatic carbocycles. The van der Waals surface area contributed by atoms with Gasteiger partial charge in [-0.05, 0) is 35.7 Å². The molecule has 0 amide bonds. The zero-order valence-electron chi connectivity index (χ0n) is 9.58. The summed E-state index contributed by atoms with van der Waals surface area (Å²) < 4.78 is 0. The number of rotatable bonds is 2. The van der Waals surface area contributed by atoms with Gasteiger partial charge in [-0.3, -0.25) is 0 Å². The summed E-state index contributed by atoms with van der Waals surface area (Å²) in [6.45, 7) is 1.77. The minimum atomic E-state index is -0.950. The highest BCUT2D eigenvalue weighted by molar-refractivity contribution is 6.42. The van der Waals surface area contributed by atoms with Gasteiger partial charge in [0.25, 0.3) is 0 Å². The summed E-state index contributed by atoms with van der Waals surface area (Å²) in [6.07, 6.45) is 0. The smallest absolute Gasteiger partial charge is 0.336 e. The van der Waals surface area contributed by atoms with Crippen molar-refractivity contribution in [2.75, 3.05) is 0 Å². The van der Waals surface area contributed by atoms with Crippen molar-refractivity contribution in [3.8, 4) is 11.1 Å². The summed E-state index contributed by atoms with van der Waals surface area (Å²) in [5.74, 6) is -0.950.